The van der Waals surface area contributed by atoms with Gasteiger partial charge in [0.1, 0.15) is 0 Å². The third-order valence-electron chi connectivity index (χ3n) is 1.39. The lowest BCUT2D eigenvalue weighted by Crippen LogP contribution is -2.03. The molecule has 0 nitrogen and oxygen atoms in total. The molecule has 0 amide bonds. The van der Waals surface area contributed by atoms with Crippen molar-refractivity contribution in [2.45, 2.75) is 20.3 Å². The number of hydrogen-bond donors (Lipinski definition) is 1. The van der Waals surface area contributed by atoms with Gasteiger partial charge < -0.3 is 0 Å². The van der Waals surface area contributed by atoms with E-state index in [1.54, 1.807) is 0 Å². The van der Waals surface area contributed by atoms with Gasteiger partial charge in [-0.2, -0.15) is 24.4 Å². The highest BCUT2D eigenvalue weighted by Crippen LogP contribution is 2.12. The number of thiol groups is 1. The molecular weight excluding hydrogens is 148 g/mol. The zero-order valence-corrected chi connectivity index (χ0v) is 7.97. The fourth-order valence-corrected chi connectivity index (χ4v) is 2.07. The van der Waals surface area contributed by atoms with Gasteiger partial charge in [-0.3, -0.25) is 0 Å². The maximum absolute atomic E-state index is 4.26. The lowest BCUT2D eigenvalue weighted by molar-refractivity contribution is 0.650. The van der Waals surface area contributed by atoms with Crippen LogP contribution < -0.4 is 0 Å². The molecule has 0 saturated carbocycles. The molecule has 0 aliphatic carbocycles. The summed E-state index contributed by atoms with van der Waals surface area (Å²) in [6, 6.07) is 0. The quantitative estimate of drug-likeness (QED) is 0.610. The summed E-state index contributed by atoms with van der Waals surface area (Å²) in [6.07, 6.45) is 1.27. The summed E-state index contributed by atoms with van der Waals surface area (Å²) >= 11 is 6.27. The van der Waals surface area contributed by atoms with Crippen LogP contribution in [0.3, 0.4) is 0 Å². The summed E-state index contributed by atoms with van der Waals surface area (Å²) in [5.74, 6) is 4.41. The first kappa shape index (κ1) is 9.70. The van der Waals surface area contributed by atoms with Gasteiger partial charge in [-0.25, -0.2) is 0 Å². The second-order valence-corrected chi connectivity index (χ2v) is 3.80. The molecular formula is C7H16S2. The molecule has 1 atom stereocenters. The molecule has 0 rings (SSSR count). The maximum Gasteiger partial charge on any atom is -0.00315 e. The molecule has 0 fully saturated rings. The Balaban J connectivity index is 3.09. The number of hydrogen-bond acceptors (Lipinski definition) is 2. The van der Waals surface area contributed by atoms with Crippen LogP contribution >= 0.6 is 24.4 Å². The predicted octanol–water partition coefficient (Wildman–Crippen LogP) is 2.70. The van der Waals surface area contributed by atoms with Crippen molar-refractivity contribution in [2.75, 3.05) is 17.3 Å². The van der Waals surface area contributed by atoms with E-state index in [2.05, 4.69) is 26.5 Å². The molecule has 9 heavy (non-hydrogen) atoms. The minimum Gasteiger partial charge on any atom is -0.179 e. The van der Waals surface area contributed by atoms with Crippen LogP contribution in [0.15, 0.2) is 0 Å². The molecule has 0 heterocycles. The van der Waals surface area contributed by atoms with Crippen LogP contribution in [0.1, 0.15) is 20.3 Å². The van der Waals surface area contributed by atoms with Gasteiger partial charge in [-0.05, 0) is 23.2 Å². The van der Waals surface area contributed by atoms with Crippen molar-refractivity contribution in [3.63, 3.8) is 0 Å². The van der Waals surface area contributed by atoms with Crippen LogP contribution in [0.25, 0.3) is 0 Å². The molecule has 0 bridgehead atoms. The third-order valence-corrected chi connectivity index (χ3v) is 3.02. The van der Waals surface area contributed by atoms with Crippen LogP contribution in [0.5, 0.6) is 0 Å². The van der Waals surface area contributed by atoms with Gasteiger partial charge in [0.25, 0.3) is 0 Å². The highest BCUT2D eigenvalue weighted by molar-refractivity contribution is 7.99. The highest BCUT2D eigenvalue weighted by atomic mass is 32.2. The summed E-state index contributed by atoms with van der Waals surface area (Å²) in [5, 5.41) is 0. The van der Waals surface area contributed by atoms with Crippen molar-refractivity contribution >= 4 is 24.4 Å². The Labute approximate surface area is 68.2 Å². The Morgan fingerprint density at radius 2 is 2.11 bits per heavy atom. The molecule has 0 N–H and O–H groups in total. The van der Waals surface area contributed by atoms with Crippen molar-refractivity contribution in [1.29, 1.82) is 0 Å². The molecule has 0 aromatic carbocycles. The minimum atomic E-state index is 0.832. The van der Waals surface area contributed by atoms with E-state index in [-0.39, 0.29) is 0 Å². The second kappa shape index (κ2) is 6.81. The first-order valence-electron chi connectivity index (χ1n) is 3.53. The normalized spacial score (nSPS) is 13.7. The first-order chi connectivity index (χ1) is 4.35. The molecule has 0 saturated heterocycles. The van der Waals surface area contributed by atoms with Crippen LogP contribution in [0.2, 0.25) is 0 Å². The second-order valence-electron chi connectivity index (χ2n) is 2.12. The van der Waals surface area contributed by atoms with Gasteiger partial charge in [-0.15, -0.1) is 0 Å². The van der Waals surface area contributed by atoms with Crippen LogP contribution in [0.4, 0.5) is 0 Å². The first-order valence-corrected chi connectivity index (χ1v) is 5.32. The molecule has 0 radical (unpaired) electrons. The molecule has 0 aliphatic rings. The van der Waals surface area contributed by atoms with E-state index in [1.807, 2.05) is 11.8 Å². The van der Waals surface area contributed by atoms with E-state index in [0.717, 1.165) is 11.7 Å². The van der Waals surface area contributed by atoms with Crippen molar-refractivity contribution in [1.82, 2.24) is 0 Å². The molecule has 2 heteroatoms. The smallest absolute Gasteiger partial charge is 0.00315 e. The monoisotopic (exact) mass is 164 g/mol. The zero-order chi connectivity index (χ0) is 7.11. The lowest BCUT2D eigenvalue weighted by atomic mass is 10.2. The maximum atomic E-state index is 4.26. The molecule has 1 unspecified atom stereocenters. The average molecular weight is 164 g/mol. The van der Waals surface area contributed by atoms with Gasteiger partial charge in [0.05, 0.1) is 0 Å². The average Bonchev–Trinajstić information content (AvgIpc) is 1.91. The van der Waals surface area contributed by atoms with Crippen molar-refractivity contribution in [2.24, 2.45) is 5.92 Å². The Kier molecular flexibility index (Phi) is 7.34. The van der Waals surface area contributed by atoms with Crippen LogP contribution in [0, 0.1) is 5.92 Å². The molecule has 0 aromatic rings. The van der Waals surface area contributed by atoms with E-state index in [9.17, 15) is 0 Å². The van der Waals surface area contributed by atoms with Gasteiger partial charge in [0, 0.05) is 0 Å². The molecule has 0 spiro atoms. The fourth-order valence-electron chi connectivity index (χ4n) is 0.584. The fraction of sp³-hybridized carbons (Fsp3) is 1.00. The van der Waals surface area contributed by atoms with Gasteiger partial charge in [-0.1, -0.05) is 20.3 Å². The summed E-state index contributed by atoms with van der Waals surface area (Å²) in [5.41, 5.74) is 0. The van der Waals surface area contributed by atoms with E-state index in [1.165, 1.54) is 17.9 Å². The molecule has 0 aliphatic heterocycles. The highest BCUT2D eigenvalue weighted by Gasteiger charge is 2.01. The zero-order valence-electron chi connectivity index (χ0n) is 6.26. The number of rotatable bonds is 5. The lowest BCUT2D eigenvalue weighted by Gasteiger charge is -2.08. The van der Waals surface area contributed by atoms with E-state index in [0.29, 0.717) is 0 Å². The Hall–Kier alpha value is 0.700. The summed E-state index contributed by atoms with van der Waals surface area (Å²) in [6.45, 7) is 4.44. The Morgan fingerprint density at radius 3 is 2.44 bits per heavy atom. The topological polar surface area (TPSA) is 0 Å². The van der Waals surface area contributed by atoms with E-state index < -0.39 is 0 Å². The van der Waals surface area contributed by atoms with Gasteiger partial charge >= 0.3 is 0 Å². The molecule has 56 valence electrons. The summed E-state index contributed by atoms with van der Waals surface area (Å²) in [4.78, 5) is 0. The summed E-state index contributed by atoms with van der Waals surface area (Å²) in [7, 11) is 0. The van der Waals surface area contributed by atoms with E-state index in [4.69, 9.17) is 0 Å². The SMILES string of the molecule is CCSCC(CC)CS. The minimum absolute atomic E-state index is 0.832. The van der Waals surface area contributed by atoms with Crippen LogP contribution in [-0.4, -0.2) is 17.3 Å². The van der Waals surface area contributed by atoms with Crippen molar-refractivity contribution in [3.8, 4) is 0 Å². The van der Waals surface area contributed by atoms with Crippen molar-refractivity contribution in [3.05, 3.63) is 0 Å². The molecule has 0 aromatic heterocycles. The summed E-state index contributed by atoms with van der Waals surface area (Å²) < 4.78 is 0. The van der Waals surface area contributed by atoms with Gasteiger partial charge in [0.2, 0.25) is 0 Å². The van der Waals surface area contributed by atoms with Crippen molar-refractivity contribution < 1.29 is 0 Å². The standard InChI is InChI=1S/C7H16S2/c1-3-7(5-8)6-9-4-2/h7-8H,3-6H2,1-2H3. The Bertz CT molecular complexity index is 50.9. The van der Waals surface area contributed by atoms with E-state index >= 15 is 0 Å². The Morgan fingerprint density at radius 1 is 1.44 bits per heavy atom. The van der Waals surface area contributed by atoms with Crippen LogP contribution in [-0.2, 0) is 0 Å². The third kappa shape index (κ3) is 5.16. The predicted molar refractivity (Wildman–Crippen MR) is 50.6 cm³/mol. The largest absolute Gasteiger partial charge is 0.179 e. The van der Waals surface area contributed by atoms with Gasteiger partial charge in [0.15, 0.2) is 0 Å². The number of thioether (sulfide) groups is 1.